The van der Waals surface area contributed by atoms with Gasteiger partial charge in [-0.1, -0.05) is 0 Å². The third-order valence-electron chi connectivity index (χ3n) is 2.15. The predicted octanol–water partition coefficient (Wildman–Crippen LogP) is 1.59. The van der Waals surface area contributed by atoms with Crippen molar-refractivity contribution in [3.8, 4) is 5.75 Å². The Labute approximate surface area is 107 Å². The van der Waals surface area contributed by atoms with E-state index >= 15 is 0 Å². The molecule has 0 aliphatic rings. The van der Waals surface area contributed by atoms with E-state index in [1.807, 2.05) is 0 Å². The van der Waals surface area contributed by atoms with Crippen molar-refractivity contribution >= 4 is 0 Å². The summed E-state index contributed by atoms with van der Waals surface area (Å²) in [6.07, 6.45) is 0.786. The van der Waals surface area contributed by atoms with Crippen LogP contribution in [0.3, 0.4) is 0 Å². The molecule has 0 saturated carbocycles. The molecule has 0 radical (unpaired) electrons. The van der Waals surface area contributed by atoms with Gasteiger partial charge in [-0.3, -0.25) is 0 Å². The van der Waals surface area contributed by atoms with Crippen molar-refractivity contribution in [3.05, 3.63) is 30.1 Å². The maximum atomic E-state index is 12.6. The normalized spacial score (nSPS) is 10.6. The van der Waals surface area contributed by atoms with Crippen molar-refractivity contribution in [2.75, 3.05) is 39.6 Å². The monoisotopic (exact) mass is 257 g/mol. The third-order valence-corrected chi connectivity index (χ3v) is 2.15. The van der Waals surface area contributed by atoms with Gasteiger partial charge in [0.25, 0.3) is 0 Å². The Kier molecular flexibility index (Phi) is 8.12. The van der Waals surface area contributed by atoms with Crippen molar-refractivity contribution in [2.45, 2.75) is 6.42 Å². The molecule has 0 saturated heterocycles. The number of hydrogen-bond acceptors (Lipinski definition) is 4. The van der Waals surface area contributed by atoms with Gasteiger partial charge in [0.2, 0.25) is 0 Å². The highest BCUT2D eigenvalue weighted by Crippen LogP contribution is 2.10. The summed E-state index contributed by atoms with van der Waals surface area (Å²) < 4.78 is 28.5. The van der Waals surface area contributed by atoms with E-state index in [1.165, 1.54) is 12.1 Å². The maximum absolute atomic E-state index is 12.6. The minimum absolute atomic E-state index is 0.261. The Morgan fingerprint density at radius 2 is 1.56 bits per heavy atom. The van der Waals surface area contributed by atoms with Crippen molar-refractivity contribution in [1.29, 1.82) is 0 Å². The van der Waals surface area contributed by atoms with Crippen LogP contribution in [-0.2, 0) is 9.47 Å². The number of rotatable bonds is 10. The molecule has 2 N–H and O–H groups in total. The van der Waals surface area contributed by atoms with Gasteiger partial charge >= 0.3 is 0 Å². The first-order chi connectivity index (χ1) is 8.83. The lowest BCUT2D eigenvalue weighted by Gasteiger charge is -2.07. The average molecular weight is 257 g/mol. The fourth-order valence-electron chi connectivity index (χ4n) is 1.29. The van der Waals surface area contributed by atoms with Crippen LogP contribution in [0.25, 0.3) is 0 Å². The van der Waals surface area contributed by atoms with Gasteiger partial charge < -0.3 is 19.9 Å². The number of benzene rings is 1. The molecule has 102 valence electrons. The second-order valence-corrected chi connectivity index (χ2v) is 3.67. The molecule has 0 heterocycles. The van der Waals surface area contributed by atoms with E-state index in [2.05, 4.69) is 0 Å². The van der Waals surface area contributed by atoms with E-state index in [0.29, 0.717) is 45.3 Å². The predicted molar refractivity (Wildman–Crippen MR) is 67.2 cm³/mol. The Balaban J connectivity index is 1.91. The van der Waals surface area contributed by atoms with E-state index in [4.69, 9.17) is 19.9 Å². The lowest BCUT2D eigenvalue weighted by molar-refractivity contribution is 0.0463. The first-order valence-corrected chi connectivity index (χ1v) is 6.07. The molecule has 0 bridgehead atoms. The molecule has 0 unspecified atom stereocenters. The smallest absolute Gasteiger partial charge is 0.123 e. The lowest BCUT2D eigenvalue weighted by Crippen LogP contribution is -2.12. The van der Waals surface area contributed by atoms with Crippen molar-refractivity contribution in [3.63, 3.8) is 0 Å². The van der Waals surface area contributed by atoms with Gasteiger partial charge in [-0.2, -0.15) is 0 Å². The molecule has 0 amide bonds. The first kappa shape index (κ1) is 14.9. The zero-order chi connectivity index (χ0) is 13.1. The van der Waals surface area contributed by atoms with Crippen LogP contribution in [0.15, 0.2) is 24.3 Å². The van der Waals surface area contributed by atoms with Gasteiger partial charge in [0.15, 0.2) is 0 Å². The average Bonchev–Trinajstić information content (AvgIpc) is 2.39. The zero-order valence-electron chi connectivity index (χ0n) is 10.4. The summed E-state index contributed by atoms with van der Waals surface area (Å²) in [6.45, 7) is 3.40. The summed E-state index contributed by atoms with van der Waals surface area (Å²) in [4.78, 5) is 0. The highest BCUT2D eigenvalue weighted by molar-refractivity contribution is 5.21. The van der Waals surface area contributed by atoms with Crippen molar-refractivity contribution in [1.82, 2.24) is 0 Å². The quantitative estimate of drug-likeness (QED) is 0.647. The molecule has 18 heavy (non-hydrogen) atoms. The second kappa shape index (κ2) is 9.82. The van der Waals surface area contributed by atoms with E-state index in [0.717, 1.165) is 6.42 Å². The highest BCUT2D eigenvalue weighted by Gasteiger charge is 1.95. The molecule has 1 aromatic rings. The van der Waals surface area contributed by atoms with Crippen LogP contribution >= 0.6 is 0 Å². The molecule has 1 aromatic carbocycles. The molecule has 0 spiro atoms. The molecule has 0 fully saturated rings. The summed E-state index contributed by atoms with van der Waals surface area (Å²) in [6, 6.07) is 5.97. The third kappa shape index (κ3) is 7.21. The Bertz CT molecular complexity index is 306. The molecular weight excluding hydrogens is 237 g/mol. The number of halogens is 1. The zero-order valence-corrected chi connectivity index (χ0v) is 10.4. The second-order valence-electron chi connectivity index (χ2n) is 3.67. The van der Waals surface area contributed by atoms with Gasteiger partial charge in [0, 0.05) is 19.6 Å². The van der Waals surface area contributed by atoms with Gasteiger partial charge in [0.05, 0.1) is 26.4 Å². The molecule has 5 heteroatoms. The SMILES string of the molecule is NCCOCCOCCCOc1ccc(F)cc1. The van der Waals surface area contributed by atoms with Crippen LogP contribution in [0.5, 0.6) is 5.75 Å². The summed E-state index contributed by atoms with van der Waals surface area (Å²) in [5.41, 5.74) is 5.27. The minimum atomic E-state index is -0.261. The fraction of sp³-hybridized carbons (Fsp3) is 0.538. The van der Waals surface area contributed by atoms with Gasteiger partial charge in [-0.25, -0.2) is 4.39 Å². The molecular formula is C13H20FNO3. The Hall–Kier alpha value is -1.17. The van der Waals surface area contributed by atoms with Gasteiger partial charge in [-0.05, 0) is 24.3 Å². The molecule has 0 aliphatic carbocycles. The van der Waals surface area contributed by atoms with Crippen LogP contribution in [0.1, 0.15) is 6.42 Å². The van der Waals surface area contributed by atoms with E-state index in [-0.39, 0.29) is 5.82 Å². The Morgan fingerprint density at radius 1 is 0.889 bits per heavy atom. The summed E-state index contributed by atoms with van der Waals surface area (Å²) >= 11 is 0. The largest absolute Gasteiger partial charge is 0.494 e. The lowest BCUT2D eigenvalue weighted by atomic mass is 10.3. The van der Waals surface area contributed by atoms with Gasteiger partial charge in [-0.15, -0.1) is 0 Å². The number of ether oxygens (including phenoxy) is 3. The summed E-state index contributed by atoms with van der Waals surface area (Å²) in [5, 5.41) is 0. The van der Waals surface area contributed by atoms with Gasteiger partial charge in [0.1, 0.15) is 11.6 Å². The van der Waals surface area contributed by atoms with E-state index in [9.17, 15) is 4.39 Å². The molecule has 0 aliphatic heterocycles. The number of nitrogens with two attached hydrogens (primary N) is 1. The Morgan fingerprint density at radius 3 is 2.22 bits per heavy atom. The van der Waals surface area contributed by atoms with Crippen LogP contribution < -0.4 is 10.5 Å². The van der Waals surface area contributed by atoms with Crippen LogP contribution in [0.2, 0.25) is 0 Å². The van der Waals surface area contributed by atoms with Crippen LogP contribution in [0.4, 0.5) is 4.39 Å². The minimum Gasteiger partial charge on any atom is -0.494 e. The van der Waals surface area contributed by atoms with E-state index in [1.54, 1.807) is 12.1 Å². The molecule has 1 rings (SSSR count). The fourth-order valence-corrected chi connectivity index (χ4v) is 1.29. The first-order valence-electron chi connectivity index (χ1n) is 6.07. The number of hydrogen-bond donors (Lipinski definition) is 1. The molecule has 4 nitrogen and oxygen atoms in total. The topological polar surface area (TPSA) is 53.7 Å². The van der Waals surface area contributed by atoms with E-state index < -0.39 is 0 Å². The standard InChI is InChI=1S/C13H20FNO3/c14-12-2-4-13(5-3-12)18-8-1-7-16-10-11-17-9-6-15/h2-5H,1,6-11,15H2. The van der Waals surface area contributed by atoms with Crippen LogP contribution in [-0.4, -0.2) is 39.6 Å². The summed E-state index contributed by atoms with van der Waals surface area (Å²) in [7, 11) is 0. The molecule has 0 aromatic heterocycles. The highest BCUT2D eigenvalue weighted by atomic mass is 19.1. The van der Waals surface area contributed by atoms with Crippen LogP contribution in [0, 0.1) is 5.82 Å². The van der Waals surface area contributed by atoms with Crippen molar-refractivity contribution < 1.29 is 18.6 Å². The summed E-state index contributed by atoms with van der Waals surface area (Å²) in [5.74, 6) is 0.408. The van der Waals surface area contributed by atoms with Crippen molar-refractivity contribution in [2.24, 2.45) is 5.73 Å². The maximum Gasteiger partial charge on any atom is 0.123 e. The molecule has 0 atom stereocenters.